The number of unbranched alkanes of at least 4 members (excludes halogenated alkanes) is 2. The minimum Gasteiger partial charge on any atom is -0.468 e. The summed E-state index contributed by atoms with van der Waals surface area (Å²) in [6.07, 6.45) is 8.58. The van der Waals surface area contributed by atoms with Gasteiger partial charge in [-0.1, -0.05) is 19.1 Å². The van der Waals surface area contributed by atoms with E-state index in [1.54, 1.807) is 0 Å². The third kappa shape index (κ3) is 9.21. The van der Waals surface area contributed by atoms with Gasteiger partial charge in [-0.15, -0.1) is 0 Å². The predicted molar refractivity (Wildman–Crippen MR) is 45.3 cm³/mol. The summed E-state index contributed by atoms with van der Waals surface area (Å²) in [6.45, 7) is 3.18. The van der Waals surface area contributed by atoms with E-state index in [-0.39, 0.29) is 0 Å². The van der Waals surface area contributed by atoms with Crippen LogP contribution < -0.4 is 0 Å². The van der Waals surface area contributed by atoms with Gasteiger partial charge in [0, 0.05) is 0 Å². The topological polar surface area (TPSA) is 26.3 Å². The molecule has 0 amide bonds. The van der Waals surface area contributed by atoms with Gasteiger partial charge in [-0.25, -0.2) is 0 Å². The Morgan fingerprint density at radius 3 is 2.73 bits per heavy atom. The summed E-state index contributed by atoms with van der Waals surface area (Å²) < 4.78 is 4.54. The van der Waals surface area contributed by atoms with Gasteiger partial charge in [0.1, 0.15) is 0 Å². The molecule has 0 aliphatic rings. The van der Waals surface area contributed by atoms with Gasteiger partial charge in [0.2, 0.25) is 0 Å². The molecule has 0 heterocycles. The fraction of sp³-hybridized carbons (Fsp3) is 0.667. The monoisotopic (exact) mass is 156 g/mol. The van der Waals surface area contributed by atoms with E-state index in [2.05, 4.69) is 23.8 Å². The standard InChI is InChI=1S/C9H16O2/c1-2-3-4-5-6-7-8-11-9-10/h3-4,9H,2,5-8H2,1H3. The van der Waals surface area contributed by atoms with Crippen LogP contribution in [0.2, 0.25) is 0 Å². The second-order valence-electron chi connectivity index (χ2n) is 2.34. The molecule has 0 atom stereocenters. The predicted octanol–water partition coefficient (Wildman–Crippen LogP) is 2.30. The normalized spacial score (nSPS) is 10.3. The number of hydrogen-bond donors (Lipinski definition) is 0. The van der Waals surface area contributed by atoms with Crippen molar-refractivity contribution >= 4 is 6.47 Å². The molecule has 0 rings (SSSR count). The van der Waals surface area contributed by atoms with Crippen molar-refractivity contribution in [1.82, 2.24) is 0 Å². The molecule has 0 aromatic rings. The molecule has 0 fully saturated rings. The largest absolute Gasteiger partial charge is 0.468 e. The van der Waals surface area contributed by atoms with Gasteiger partial charge in [-0.05, 0) is 25.7 Å². The van der Waals surface area contributed by atoms with Crippen LogP contribution in [0.1, 0.15) is 32.6 Å². The van der Waals surface area contributed by atoms with Crippen molar-refractivity contribution in [3.05, 3.63) is 12.2 Å². The molecule has 2 nitrogen and oxygen atoms in total. The van der Waals surface area contributed by atoms with Crippen LogP contribution >= 0.6 is 0 Å². The molecule has 0 saturated carbocycles. The van der Waals surface area contributed by atoms with Gasteiger partial charge >= 0.3 is 0 Å². The molecular formula is C9H16O2. The Bertz CT molecular complexity index is 108. The number of carbonyl (C=O) groups is 1. The smallest absolute Gasteiger partial charge is 0.293 e. The SMILES string of the molecule is CCC=CCCCCOC=O. The van der Waals surface area contributed by atoms with Crippen LogP contribution in [0.3, 0.4) is 0 Å². The maximum Gasteiger partial charge on any atom is 0.293 e. The second-order valence-corrected chi connectivity index (χ2v) is 2.34. The van der Waals surface area contributed by atoms with Gasteiger partial charge < -0.3 is 4.74 Å². The summed E-state index contributed by atoms with van der Waals surface area (Å²) in [4.78, 5) is 9.70. The highest BCUT2D eigenvalue weighted by molar-refractivity contribution is 5.36. The zero-order valence-corrected chi connectivity index (χ0v) is 7.08. The molecule has 64 valence electrons. The number of hydrogen-bond acceptors (Lipinski definition) is 2. The molecule has 0 saturated heterocycles. The average Bonchev–Trinajstić information content (AvgIpc) is 2.03. The lowest BCUT2D eigenvalue weighted by Crippen LogP contribution is -1.90. The van der Waals surface area contributed by atoms with Gasteiger partial charge in [0.15, 0.2) is 0 Å². The first-order valence-electron chi connectivity index (χ1n) is 4.12. The van der Waals surface area contributed by atoms with Crippen LogP contribution in [0.15, 0.2) is 12.2 Å². The van der Waals surface area contributed by atoms with E-state index in [4.69, 9.17) is 0 Å². The number of ether oxygens (including phenoxy) is 1. The summed E-state index contributed by atoms with van der Waals surface area (Å²) in [5, 5.41) is 0. The summed E-state index contributed by atoms with van der Waals surface area (Å²) in [5.41, 5.74) is 0. The van der Waals surface area contributed by atoms with Crippen molar-refractivity contribution in [3.63, 3.8) is 0 Å². The summed E-state index contributed by atoms with van der Waals surface area (Å²) in [5.74, 6) is 0. The van der Waals surface area contributed by atoms with E-state index in [1.165, 1.54) is 0 Å². The zero-order chi connectivity index (χ0) is 8.36. The lowest BCUT2D eigenvalue weighted by molar-refractivity contribution is -0.128. The molecular weight excluding hydrogens is 140 g/mol. The third-order valence-electron chi connectivity index (χ3n) is 1.35. The third-order valence-corrected chi connectivity index (χ3v) is 1.35. The molecule has 0 spiro atoms. The average molecular weight is 156 g/mol. The van der Waals surface area contributed by atoms with Gasteiger partial charge in [0.05, 0.1) is 6.61 Å². The lowest BCUT2D eigenvalue weighted by atomic mass is 10.2. The maximum absolute atomic E-state index is 9.70. The molecule has 0 aromatic carbocycles. The van der Waals surface area contributed by atoms with E-state index in [9.17, 15) is 4.79 Å². The van der Waals surface area contributed by atoms with Gasteiger partial charge in [0.25, 0.3) is 6.47 Å². The van der Waals surface area contributed by atoms with Crippen LogP contribution in [0.5, 0.6) is 0 Å². The number of allylic oxidation sites excluding steroid dienone is 2. The Morgan fingerprint density at radius 1 is 1.27 bits per heavy atom. The number of rotatable bonds is 7. The first-order chi connectivity index (χ1) is 5.41. The highest BCUT2D eigenvalue weighted by Crippen LogP contribution is 1.97. The molecule has 0 bridgehead atoms. The zero-order valence-electron chi connectivity index (χ0n) is 7.08. The number of carbonyl (C=O) groups excluding carboxylic acids is 1. The fourth-order valence-electron chi connectivity index (χ4n) is 0.780. The van der Waals surface area contributed by atoms with Crippen molar-refractivity contribution in [2.24, 2.45) is 0 Å². The van der Waals surface area contributed by atoms with Crippen molar-refractivity contribution in [1.29, 1.82) is 0 Å². The Morgan fingerprint density at radius 2 is 2.09 bits per heavy atom. The van der Waals surface area contributed by atoms with Crippen LogP contribution in [-0.2, 0) is 9.53 Å². The lowest BCUT2D eigenvalue weighted by Gasteiger charge is -1.95. The molecule has 0 unspecified atom stereocenters. The van der Waals surface area contributed by atoms with Crippen molar-refractivity contribution < 1.29 is 9.53 Å². The molecule has 0 aliphatic heterocycles. The van der Waals surface area contributed by atoms with Crippen LogP contribution in [0.25, 0.3) is 0 Å². The summed E-state index contributed by atoms with van der Waals surface area (Å²) >= 11 is 0. The highest BCUT2D eigenvalue weighted by Gasteiger charge is 1.84. The Balaban J connectivity index is 2.90. The minimum atomic E-state index is 0.502. The van der Waals surface area contributed by atoms with Gasteiger partial charge in [-0.2, -0.15) is 0 Å². The van der Waals surface area contributed by atoms with Gasteiger partial charge in [-0.3, -0.25) is 4.79 Å². The summed E-state index contributed by atoms with van der Waals surface area (Å²) in [7, 11) is 0. The van der Waals surface area contributed by atoms with E-state index in [0.717, 1.165) is 25.7 Å². The molecule has 0 radical (unpaired) electrons. The van der Waals surface area contributed by atoms with Crippen LogP contribution in [-0.4, -0.2) is 13.1 Å². The molecule has 2 heteroatoms. The molecule has 11 heavy (non-hydrogen) atoms. The van der Waals surface area contributed by atoms with E-state index in [1.807, 2.05) is 0 Å². The van der Waals surface area contributed by atoms with Crippen molar-refractivity contribution in [3.8, 4) is 0 Å². The van der Waals surface area contributed by atoms with Crippen LogP contribution in [0, 0.1) is 0 Å². The van der Waals surface area contributed by atoms with E-state index < -0.39 is 0 Å². The fourth-order valence-corrected chi connectivity index (χ4v) is 0.780. The second kappa shape index (κ2) is 9.21. The molecule has 0 aromatic heterocycles. The first kappa shape index (κ1) is 10.2. The molecule has 0 N–H and O–H groups in total. The summed E-state index contributed by atoms with van der Waals surface area (Å²) in [6, 6.07) is 0. The Labute approximate surface area is 68.2 Å². The first-order valence-corrected chi connectivity index (χ1v) is 4.12. The Hall–Kier alpha value is -0.790. The maximum atomic E-state index is 9.70. The van der Waals surface area contributed by atoms with Crippen molar-refractivity contribution in [2.75, 3.05) is 6.61 Å². The van der Waals surface area contributed by atoms with Crippen LogP contribution in [0.4, 0.5) is 0 Å². The Kier molecular flexibility index (Phi) is 8.55. The van der Waals surface area contributed by atoms with E-state index >= 15 is 0 Å². The molecule has 0 aliphatic carbocycles. The van der Waals surface area contributed by atoms with E-state index in [0.29, 0.717) is 13.1 Å². The minimum absolute atomic E-state index is 0.502. The quantitative estimate of drug-likeness (QED) is 0.321. The van der Waals surface area contributed by atoms with Crippen molar-refractivity contribution in [2.45, 2.75) is 32.6 Å². The highest BCUT2D eigenvalue weighted by atomic mass is 16.5.